The van der Waals surface area contributed by atoms with Crippen LogP contribution in [-0.4, -0.2) is 19.1 Å². The normalized spacial score (nSPS) is 19.1. The first-order valence-electron chi connectivity index (χ1n) is 4.27. The highest BCUT2D eigenvalue weighted by atomic mass is 35.5. The number of benzene rings is 1. The summed E-state index contributed by atoms with van der Waals surface area (Å²) < 4.78 is 31.3. The standard InChI is InChI=1S/C10H9ClF2O/c11-4-10(5-14-6-10)8-3-7(12)1-2-9(8)13/h1-3H,4-6H2. The monoisotopic (exact) mass is 218 g/mol. The Balaban J connectivity index is 2.43. The molecule has 0 radical (unpaired) electrons. The number of hydrogen-bond acceptors (Lipinski definition) is 1. The molecule has 1 aromatic rings. The molecule has 1 saturated heterocycles. The lowest BCUT2D eigenvalue weighted by Crippen LogP contribution is -2.49. The molecule has 0 amide bonds. The van der Waals surface area contributed by atoms with E-state index in [4.69, 9.17) is 16.3 Å². The van der Waals surface area contributed by atoms with Crippen LogP contribution in [0.4, 0.5) is 8.78 Å². The quantitative estimate of drug-likeness (QED) is 0.693. The highest BCUT2D eigenvalue weighted by molar-refractivity contribution is 6.18. The van der Waals surface area contributed by atoms with Crippen LogP contribution in [0.1, 0.15) is 5.56 Å². The Labute approximate surface area is 85.6 Å². The van der Waals surface area contributed by atoms with E-state index in [0.717, 1.165) is 12.1 Å². The zero-order chi connectivity index (χ0) is 10.2. The molecular formula is C10H9ClF2O. The molecule has 14 heavy (non-hydrogen) atoms. The first-order valence-corrected chi connectivity index (χ1v) is 4.81. The number of ether oxygens (including phenoxy) is 1. The first kappa shape index (κ1) is 9.87. The van der Waals surface area contributed by atoms with Gasteiger partial charge < -0.3 is 4.74 Å². The van der Waals surface area contributed by atoms with Crippen molar-refractivity contribution in [2.24, 2.45) is 0 Å². The van der Waals surface area contributed by atoms with E-state index < -0.39 is 17.0 Å². The van der Waals surface area contributed by atoms with Crippen LogP contribution in [-0.2, 0) is 10.2 Å². The van der Waals surface area contributed by atoms with Gasteiger partial charge in [-0.3, -0.25) is 0 Å². The number of hydrogen-bond donors (Lipinski definition) is 0. The summed E-state index contributed by atoms with van der Waals surface area (Å²) in [6, 6.07) is 3.41. The minimum atomic E-state index is -0.534. The zero-order valence-corrected chi connectivity index (χ0v) is 8.15. The molecule has 1 aromatic carbocycles. The van der Waals surface area contributed by atoms with Crippen LogP contribution in [0.2, 0.25) is 0 Å². The Hall–Kier alpha value is -0.670. The molecule has 1 aliphatic heterocycles. The van der Waals surface area contributed by atoms with Crippen molar-refractivity contribution in [3.05, 3.63) is 35.4 Å². The van der Waals surface area contributed by atoms with E-state index in [1.807, 2.05) is 0 Å². The topological polar surface area (TPSA) is 9.23 Å². The fourth-order valence-corrected chi connectivity index (χ4v) is 1.86. The second-order valence-electron chi connectivity index (χ2n) is 3.53. The van der Waals surface area contributed by atoms with E-state index in [2.05, 4.69) is 0 Å². The van der Waals surface area contributed by atoms with Crippen molar-refractivity contribution in [2.75, 3.05) is 19.1 Å². The van der Waals surface area contributed by atoms with Crippen LogP contribution in [0.15, 0.2) is 18.2 Å². The highest BCUT2D eigenvalue weighted by Crippen LogP contribution is 2.35. The van der Waals surface area contributed by atoms with Crippen LogP contribution in [0.25, 0.3) is 0 Å². The third kappa shape index (κ3) is 1.41. The van der Waals surface area contributed by atoms with Crippen LogP contribution in [0.5, 0.6) is 0 Å². The second kappa shape index (κ2) is 3.48. The van der Waals surface area contributed by atoms with Gasteiger partial charge >= 0.3 is 0 Å². The van der Waals surface area contributed by atoms with E-state index >= 15 is 0 Å². The van der Waals surface area contributed by atoms with E-state index in [1.54, 1.807) is 0 Å². The average Bonchev–Trinajstić information content (AvgIpc) is 2.10. The van der Waals surface area contributed by atoms with Crippen LogP contribution < -0.4 is 0 Å². The maximum Gasteiger partial charge on any atom is 0.127 e. The van der Waals surface area contributed by atoms with Crippen molar-refractivity contribution in [3.8, 4) is 0 Å². The smallest absolute Gasteiger partial charge is 0.127 e. The summed E-state index contributed by atoms with van der Waals surface area (Å²) in [5.74, 6) is -0.624. The molecule has 0 saturated carbocycles. The van der Waals surface area contributed by atoms with E-state index in [9.17, 15) is 8.78 Å². The molecule has 0 aromatic heterocycles. The molecule has 0 atom stereocenters. The molecule has 1 heterocycles. The van der Waals surface area contributed by atoms with Crippen LogP contribution in [0, 0.1) is 11.6 Å². The number of alkyl halides is 1. The van der Waals surface area contributed by atoms with E-state index in [-0.39, 0.29) is 5.88 Å². The van der Waals surface area contributed by atoms with Crippen molar-refractivity contribution in [1.82, 2.24) is 0 Å². The largest absolute Gasteiger partial charge is 0.379 e. The van der Waals surface area contributed by atoms with Gasteiger partial charge in [0.1, 0.15) is 11.6 Å². The second-order valence-corrected chi connectivity index (χ2v) is 3.80. The molecule has 0 bridgehead atoms. The maximum atomic E-state index is 13.4. The summed E-state index contributed by atoms with van der Waals surface area (Å²) in [5.41, 5.74) is -0.216. The SMILES string of the molecule is Fc1ccc(F)c(C2(CCl)COC2)c1. The zero-order valence-electron chi connectivity index (χ0n) is 7.40. The molecule has 4 heteroatoms. The Morgan fingerprint density at radius 3 is 2.57 bits per heavy atom. The van der Waals surface area contributed by atoms with Crippen molar-refractivity contribution in [1.29, 1.82) is 0 Å². The highest BCUT2D eigenvalue weighted by Gasteiger charge is 2.41. The molecule has 0 spiro atoms. The Kier molecular flexibility index (Phi) is 2.45. The molecule has 76 valence electrons. The summed E-state index contributed by atoms with van der Waals surface area (Å²) >= 11 is 5.75. The summed E-state index contributed by atoms with van der Waals surface area (Å²) in [6.45, 7) is 0.716. The predicted molar refractivity (Wildman–Crippen MR) is 49.6 cm³/mol. The van der Waals surface area contributed by atoms with Gasteiger partial charge in [-0.15, -0.1) is 11.6 Å². The summed E-state index contributed by atoms with van der Waals surface area (Å²) in [6.07, 6.45) is 0. The molecular weight excluding hydrogens is 210 g/mol. The lowest BCUT2D eigenvalue weighted by Gasteiger charge is -2.40. The van der Waals surface area contributed by atoms with Gasteiger partial charge in [-0.25, -0.2) is 8.78 Å². The van der Waals surface area contributed by atoms with Gasteiger partial charge in [0.2, 0.25) is 0 Å². The van der Waals surface area contributed by atoms with Crippen molar-refractivity contribution in [2.45, 2.75) is 5.41 Å². The third-order valence-electron chi connectivity index (χ3n) is 2.51. The van der Waals surface area contributed by atoms with Gasteiger partial charge in [-0.05, 0) is 18.2 Å². The molecule has 1 nitrogen and oxygen atoms in total. The summed E-state index contributed by atoms with van der Waals surface area (Å²) in [4.78, 5) is 0. The molecule has 1 fully saturated rings. The van der Waals surface area contributed by atoms with Gasteiger partial charge in [0.25, 0.3) is 0 Å². The van der Waals surface area contributed by atoms with E-state index in [1.165, 1.54) is 6.07 Å². The number of halogens is 3. The Morgan fingerprint density at radius 2 is 2.07 bits per heavy atom. The number of rotatable bonds is 2. The van der Waals surface area contributed by atoms with Gasteiger partial charge in [-0.1, -0.05) is 0 Å². The molecule has 0 unspecified atom stereocenters. The molecule has 1 aliphatic rings. The van der Waals surface area contributed by atoms with Crippen molar-refractivity contribution < 1.29 is 13.5 Å². The summed E-state index contributed by atoms with van der Waals surface area (Å²) in [7, 11) is 0. The fourth-order valence-electron chi connectivity index (χ4n) is 1.56. The lowest BCUT2D eigenvalue weighted by atomic mass is 9.80. The minimum absolute atomic E-state index is 0.243. The van der Waals surface area contributed by atoms with E-state index in [0.29, 0.717) is 18.8 Å². The van der Waals surface area contributed by atoms with Gasteiger partial charge in [-0.2, -0.15) is 0 Å². The van der Waals surface area contributed by atoms with Gasteiger partial charge in [0, 0.05) is 11.4 Å². The molecule has 2 rings (SSSR count). The van der Waals surface area contributed by atoms with Crippen LogP contribution in [0.3, 0.4) is 0 Å². The van der Waals surface area contributed by atoms with Crippen molar-refractivity contribution in [3.63, 3.8) is 0 Å². The Bertz CT molecular complexity index is 344. The minimum Gasteiger partial charge on any atom is -0.379 e. The predicted octanol–water partition coefficient (Wildman–Crippen LogP) is 2.47. The molecule has 0 aliphatic carbocycles. The van der Waals surface area contributed by atoms with Gasteiger partial charge in [0.15, 0.2) is 0 Å². The fraction of sp³-hybridized carbons (Fsp3) is 0.400. The van der Waals surface area contributed by atoms with Crippen molar-refractivity contribution >= 4 is 11.6 Å². The summed E-state index contributed by atoms with van der Waals surface area (Å²) in [5, 5.41) is 0. The Morgan fingerprint density at radius 1 is 1.36 bits per heavy atom. The van der Waals surface area contributed by atoms with Crippen LogP contribution >= 0.6 is 11.6 Å². The maximum absolute atomic E-state index is 13.4. The molecule has 0 N–H and O–H groups in total. The first-order chi connectivity index (χ1) is 6.68. The third-order valence-corrected chi connectivity index (χ3v) is 3.02. The van der Waals surface area contributed by atoms with Gasteiger partial charge in [0.05, 0.1) is 18.6 Å². The lowest BCUT2D eigenvalue weighted by molar-refractivity contribution is -0.0496. The average molecular weight is 219 g/mol.